The fourth-order valence-corrected chi connectivity index (χ4v) is 2.27. The van der Waals surface area contributed by atoms with Gasteiger partial charge in [0, 0.05) is 23.7 Å². The van der Waals surface area contributed by atoms with Crippen LogP contribution in [0.5, 0.6) is 0 Å². The fourth-order valence-electron chi connectivity index (χ4n) is 2.27. The van der Waals surface area contributed by atoms with Gasteiger partial charge in [0.05, 0.1) is 0 Å². The molecular formula is C20H24N2O2. The van der Waals surface area contributed by atoms with Crippen LogP contribution in [-0.2, 0) is 11.2 Å². The fraction of sp³-hybridized carbons (Fsp3) is 0.300. The van der Waals surface area contributed by atoms with Crippen molar-refractivity contribution in [1.82, 2.24) is 5.32 Å². The molecule has 126 valence electrons. The van der Waals surface area contributed by atoms with Crippen molar-refractivity contribution in [1.29, 1.82) is 0 Å². The molecule has 0 aliphatic rings. The van der Waals surface area contributed by atoms with Crippen LogP contribution in [0.4, 0.5) is 5.69 Å². The molecule has 2 N–H and O–H groups in total. The molecule has 0 radical (unpaired) electrons. The van der Waals surface area contributed by atoms with E-state index in [9.17, 15) is 9.59 Å². The molecule has 0 fully saturated rings. The van der Waals surface area contributed by atoms with Crippen LogP contribution in [0.15, 0.2) is 54.6 Å². The molecule has 0 saturated carbocycles. The average molecular weight is 324 g/mol. The van der Waals surface area contributed by atoms with Crippen LogP contribution in [0.25, 0.3) is 0 Å². The first kappa shape index (κ1) is 17.7. The van der Waals surface area contributed by atoms with Gasteiger partial charge >= 0.3 is 0 Å². The Morgan fingerprint density at radius 2 is 1.79 bits per heavy atom. The van der Waals surface area contributed by atoms with E-state index in [1.165, 1.54) is 0 Å². The van der Waals surface area contributed by atoms with Gasteiger partial charge in [-0.05, 0) is 43.5 Å². The van der Waals surface area contributed by atoms with E-state index >= 15 is 0 Å². The lowest BCUT2D eigenvalue weighted by Gasteiger charge is -2.12. The van der Waals surface area contributed by atoms with Crippen LogP contribution >= 0.6 is 0 Å². The number of aryl methyl sites for hydroxylation is 1. The number of hydrogen-bond acceptors (Lipinski definition) is 2. The standard InChI is InChI=1S/C20H24N2O2/c1-3-15(2)21-20(24)17-10-7-11-18(14-17)22-19(23)13-12-16-8-5-4-6-9-16/h4-11,14-15H,3,12-13H2,1-2H3,(H,21,24)(H,22,23)/t15-/m0/s1. The zero-order valence-electron chi connectivity index (χ0n) is 14.2. The summed E-state index contributed by atoms with van der Waals surface area (Å²) in [5.41, 5.74) is 2.33. The van der Waals surface area contributed by atoms with E-state index in [2.05, 4.69) is 10.6 Å². The summed E-state index contributed by atoms with van der Waals surface area (Å²) in [5, 5.41) is 5.78. The molecule has 2 rings (SSSR count). The van der Waals surface area contributed by atoms with Gasteiger partial charge in [0.1, 0.15) is 0 Å². The van der Waals surface area contributed by atoms with Gasteiger partial charge in [-0.2, -0.15) is 0 Å². The summed E-state index contributed by atoms with van der Waals surface area (Å²) in [6.07, 6.45) is 1.98. The number of amides is 2. The lowest BCUT2D eigenvalue weighted by Crippen LogP contribution is -2.31. The predicted molar refractivity (Wildman–Crippen MR) is 97.1 cm³/mol. The largest absolute Gasteiger partial charge is 0.350 e. The summed E-state index contributed by atoms with van der Waals surface area (Å²) in [6.45, 7) is 3.99. The Hall–Kier alpha value is -2.62. The van der Waals surface area contributed by atoms with Crippen LogP contribution < -0.4 is 10.6 Å². The number of nitrogens with one attached hydrogen (secondary N) is 2. The Kier molecular flexibility index (Phi) is 6.55. The van der Waals surface area contributed by atoms with E-state index in [1.54, 1.807) is 24.3 Å². The first-order valence-electron chi connectivity index (χ1n) is 8.33. The van der Waals surface area contributed by atoms with Crippen LogP contribution in [0.3, 0.4) is 0 Å². The molecule has 0 bridgehead atoms. The number of carbonyl (C=O) groups is 2. The molecule has 0 aliphatic carbocycles. The maximum Gasteiger partial charge on any atom is 0.251 e. The maximum atomic E-state index is 12.1. The Bertz CT molecular complexity index is 683. The van der Waals surface area contributed by atoms with Crippen molar-refractivity contribution in [3.8, 4) is 0 Å². The first-order valence-corrected chi connectivity index (χ1v) is 8.33. The Morgan fingerprint density at radius 1 is 1.04 bits per heavy atom. The van der Waals surface area contributed by atoms with Crippen molar-refractivity contribution in [3.63, 3.8) is 0 Å². The monoisotopic (exact) mass is 324 g/mol. The van der Waals surface area contributed by atoms with Crippen LogP contribution in [0.1, 0.15) is 42.6 Å². The zero-order valence-corrected chi connectivity index (χ0v) is 14.2. The number of carbonyl (C=O) groups excluding carboxylic acids is 2. The predicted octanol–water partition coefficient (Wildman–Crippen LogP) is 3.79. The van der Waals surface area contributed by atoms with E-state index in [0.29, 0.717) is 24.1 Å². The van der Waals surface area contributed by atoms with Crippen molar-refractivity contribution in [3.05, 3.63) is 65.7 Å². The number of hydrogen-bond donors (Lipinski definition) is 2. The molecule has 4 heteroatoms. The molecule has 2 aromatic carbocycles. The molecule has 1 atom stereocenters. The summed E-state index contributed by atoms with van der Waals surface area (Å²) < 4.78 is 0. The summed E-state index contributed by atoms with van der Waals surface area (Å²) in [4.78, 5) is 24.2. The third kappa shape index (κ3) is 5.54. The second kappa shape index (κ2) is 8.87. The second-order valence-corrected chi connectivity index (χ2v) is 5.90. The topological polar surface area (TPSA) is 58.2 Å². The maximum absolute atomic E-state index is 12.1. The second-order valence-electron chi connectivity index (χ2n) is 5.90. The number of anilines is 1. The molecule has 4 nitrogen and oxygen atoms in total. The minimum atomic E-state index is -0.121. The SMILES string of the molecule is CC[C@H](C)NC(=O)c1cccc(NC(=O)CCc2ccccc2)c1. The molecule has 2 amide bonds. The normalized spacial score (nSPS) is 11.6. The van der Waals surface area contributed by atoms with Crippen molar-refractivity contribution in [2.45, 2.75) is 39.2 Å². The van der Waals surface area contributed by atoms with Crippen LogP contribution in [-0.4, -0.2) is 17.9 Å². The quantitative estimate of drug-likeness (QED) is 0.814. The van der Waals surface area contributed by atoms with E-state index in [-0.39, 0.29) is 17.9 Å². The van der Waals surface area contributed by atoms with Crippen LogP contribution in [0.2, 0.25) is 0 Å². The zero-order chi connectivity index (χ0) is 17.4. The summed E-state index contributed by atoms with van der Waals surface area (Å²) in [5.74, 6) is -0.178. The number of benzene rings is 2. The molecule has 24 heavy (non-hydrogen) atoms. The lowest BCUT2D eigenvalue weighted by molar-refractivity contribution is -0.116. The Morgan fingerprint density at radius 3 is 2.50 bits per heavy atom. The van der Waals surface area contributed by atoms with E-state index in [1.807, 2.05) is 44.2 Å². The van der Waals surface area contributed by atoms with Gasteiger partial charge in [0.15, 0.2) is 0 Å². The minimum Gasteiger partial charge on any atom is -0.350 e. The van der Waals surface area contributed by atoms with Crippen LogP contribution in [0, 0.1) is 0 Å². The van der Waals surface area contributed by atoms with Gasteiger partial charge in [0.25, 0.3) is 5.91 Å². The molecule has 0 heterocycles. The highest BCUT2D eigenvalue weighted by molar-refractivity contribution is 5.97. The highest BCUT2D eigenvalue weighted by Crippen LogP contribution is 2.12. The average Bonchev–Trinajstić information content (AvgIpc) is 2.61. The molecule has 0 saturated heterocycles. The van der Waals surface area contributed by atoms with Gasteiger partial charge < -0.3 is 10.6 Å². The Balaban J connectivity index is 1.91. The highest BCUT2D eigenvalue weighted by atomic mass is 16.2. The van der Waals surface area contributed by atoms with Crippen molar-refractivity contribution < 1.29 is 9.59 Å². The van der Waals surface area contributed by atoms with Crippen molar-refractivity contribution in [2.24, 2.45) is 0 Å². The lowest BCUT2D eigenvalue weighted by atomic mass is 10.1. The third-order valence-corrected chi connectivity index (χ3v) is 3.88. The van der Waals surface area contributed by atoms with Gasteiger partial charge in [-0.1, -0.05) is 43.3 Å². The number of rotatable bonds is 7. The molecule has 0 aliphatic heterocycles. The van der Waals surface area contributed by atoms with Gasteiger partial charge in [-0.25, -0.2) is 0 Å². The minimum absolute atomic E-state index is 0.0571. The van der Waals surface area contributed by atoms with E-state index in [4.69, 9.17) is 0 Å². The van der Waals surface area contributed by atoms with Crippen molar-refractivity contribution in [2.75, 3.05) is 5.32 Å². The molecule has 0 spiro atoms. The third-order valence-electron chi connectivity index (χ3n) is 3.88. The summed E-state index contributed by atoms with van der Waals surface area (Å²) in [7, 11) is 0. The molecular weight excluding hydrogens is 300 g/mol. The molecule has 2 aromatic rings. The molecule has 0 aromatic heterocycles. The smallest absolute Gasteiger partial charge is 0.251 e. The van der Waals surface area contributed by atoms with Crippen molar-refractivity contribution >= 4 is 17.5 Å². The van der Waals surface area contributed by atoms with Gasteiger partial charge in [-0.3, -0.25) is 9.59 Å². The Labute approximate surface area is 143 Å². The first-order chi connectivity index (χ1) is 11.6. The summed E-state index contributed by atoms with van der Waals surface area (Å²) in [6, 6.07) is 17.1. The highest BCUT2D eigenvalue weighted by Gasteiger charge is 2.10. The van der Waals surface area contributed by atoms with Gasteiger partial charge in [0.2, 0.25) is 5.91 Å². The van der Waals surface area contributed by atoms with E-state index < -0.39 is 0 Å². The van der Waals surface area contributed by atoms with Gasteiger partial charge in [-0.15, -0.1) is 0 Å². The molecule has 0 unspecified atom stereocenters. The van der Waals surface area contributed by atoms with E-state index in [0.717, 1.165) is 12.0 Å². The summed E-state index contributed by atoms with van der Waals surface area (Å²) >= 11 is 0.